The van der Waals surface area contributed by atoms with E-state index in [1.165, 1.54) is 0 Å². The van der Waals surface area contributed by atoms with Crippen molar-refractivity contribution in [1.82, 2.24) is 0 Å². The molecule has 2 rings (SSSR count). The van der Waals surface area contributed by atoms with Crippen molar-refractivity contribution < 1.29 is 14.6 Å². The van der Waals surface area contributed by atoms with Gasteiger partial charge in [-0.15, -0.1) is 0 Å². The van der Waals surface area contributed by atoms with Gasteiger partial charge in [-0.1, -0.05) is 24.3 Å². The molecule has 0 unspecified atom stereocenters. The highest BCUT2D eigenvalue weighted by Crippen LogP contribution is 2.36. The molecule has 0 heterocycles. The fourth-order valence-corrected chi connectivity index (χ4v) is 2.12. The Morgan fingerprint density at radius 3 is 2.67 bits per heavy atom. The number of methoxy groups -OCH3 is 1. The van der Waals surface area contributed by atoms with Crippen LogP contribution >= 0.6 is 0 Å². The lowest BCUT2D eigenvalue weighted by atomic mass is 10.0. The largest absolute Gasteiger partial charge is 0.507 e. The molecule has 0 spiro atoms. The van der Waals surface area contributed by atoms with Crippen LogP contribution in [-0.4, -0.2) is 18.5 Å². The van der Waals surface area contributed by atoms with E-state index < -0.39 is 0 Å². The van der Waals surface area contributed by atoms with Gasteiger partial charge < -0.3 is 14.6 Å². The average molecular weight is 244 g/mol. The summed E-state index contributed by atoms with van der Waals surface area (Å²) in [6, 6.07) is 9.44. The van der Waals surface area contributed by atoms with Gasteiger partial charge in [0.1, 0.15) is 17.8 Å². The quantitative estimate of drug-likeness (QED) is 0.649. The van der Waals surface area contributed by atoms with Crippen LogP contribution in [0, 0.1) is 0 Å². The molecule has 0 fully saturated rings. The molecule has 0 radical (unpaired) electrons. The van der Waals surface area contributed by atoms with Crippen LogP contribution in [0.25, 0.3) is 10.8 Å². The Balaban J connectivity index is 2.47. The second kappa shape index (κ2) is 5.54. The fraction of sp³-hybridized carbons (Fsp3) is 0.267. The molecule has 3 nitrogen and oxygen atoms in total. The van der Waals surface area contributed by atoms with Crippen molar-refractivity contribution in [2.24, 2.45) is 0 Å². The number of carbonyl (C=O) groups excluding carboxylic acids is 1. The van der Waals surface area contributed by atoms with E-state index in [-0.39, 0.29) is 5.75 Å². The monoisotopic (exact) mass is 244 g/mol. The predicted octanol–water partition coefficient (Wildman–Crippen LogP) is 3.08. The van der Waals surface area contributed by atoms with Gasteiger partial charge in [-0.25, -0.2) is 0 Å². The van der Waals surface area contributed by atoms with Gasteiger partial charge in [-0.05, 0) is 24.5 Å². The third-order valence-electron chi connectivity index (χ3n) is 3.05. The first-order valence-electron chi connectivity index (χ1n) is 5.99. The standard InChI is InChI=1S/C15H16O3/c1-18-14-10-11(6-4-5-9-16)15(17)13-8-3-2-7-12(13)14/h2-3,7-10,17H,4-6H2,1H3. The summed E-state index contributed by atoms with van der Waals surface area (Å²) in [4.78, 5) is 10.3. The predicted molar refractivity (Wildman–Crippen MR) is 71.2 cm³/mol. The Bertz CT molecular complexity index is 561. The van der Waals surface area contributed by atoms with E-state index in [1.807, 2.05) is 30.3 Å². The van der Waals surface area contributed by atoms with Crippen LogP contribution in [0.1, 0.15) is 18.4 Å². The Morgan fingerprint density at radius 1 is 1.28 bits per heavy atom. The smallest absolute Gasteiger partial charge is 0.127 e. The van der Waals surface area contributed by atoms with Crippen LogP contribution in [0.3, 0.4) is 0 Å². The molecule has 2 aromatic carbocycles. The summed E-state index contributed by atoms with van der Waals surface area (Å²) < 4.78 is 5.35. The molecule has 0 amide bonds. The molecule has 2 aromatic rings. The number of phenolic OH excluding ortho intramolecular Hbond substituents is 1. The minimum absolute atomic E-state index is 0.289. The van der Waals surface area contributed by atoms with Crippen LogP contribution in [0.4, 0.5) is 0 Å². The number of phenols is 1. The van der Waals surface area contributed by atoms with Crippen molar-refractivity contribution in [3.05, 3.63) is 35.9 Å². The zero-order valence-corrected chi connectivity index (χ0v) is 10.3. The van der Waals surface area contributed by atoms with E-state index in [9.17, 15) is 9.90 Å². The number of carbonyl (C=O) groups is 1. The van der Waals surface area contributed by atoms with E-state index in [0.717, 1.165) is 34.8 Å². The molecule has 0 aliphatic heterocycles. The van der Waals surface area contributed by atoms with Crippen LogP contribution in [-0.2, 0) is 11.2 Å². The number of hydrogen-bond donors (Lipinski definition) is 1. The topological polar surface area (TPSA) is 46.5 Å². The number of aromatic hydroxyl groups is 1. The maximum Gasteiger partial charge on any atom is 0.127 e. The number of ether oxygens (including phenoxy) is 1. The number of benzene rings is 2. The van der Waals surface area contributed by atoms with Crippen LogP contribution in [0.5, 0.6) is 11.5 Å². The number of rotatable bonds is 5. The lowest BCUT2D eigenvalue weighted by Crippen LogP contribution is -1.92. The van der Waals surface area contributed by atoms with E-state index in [4.69, 9.17) is 4.74 Å². The van der Waals surface area contributed by atoms with Gasteiger partial charge in [-0.3, -0.25) is 0 Å². The minimum Gasteiger partial charge on any atom is -0.507 e. The summed E-state index contributed by atoms with van der Waals surface area (Å²) in [7, 11) is 1.62. The maximum atomic E-state index is 10.3. The zero-order chi connectivity index (χ0) is 13.0. The average Bonchev–Trinajstić information content (AvgIpc) is 2.42. The Labute approximate surface area is 106 Å². The van der Waals surface area contributed by atoms with E-state index in [1.54, 1.807) is 7.11 Å². The van der Waals surface area contributed by atoms with Crippen molar-refractivity contribution in [3.8, 4) is 11.5 Å². The number of hydrogen-bond acceptors (Lipinski definition) is 3. The van der Waals surface area contributed by atoms with Gasteiger partial charge in [-0.2, -0.15) is 0 Å². The SMILES string of the molecule is COc1cc(CCCC=O)c(O)c2ccccc12. The van der Waals surface area contributed by atoms with Gasteiger partial charge in [0.15, 0.2) is 0 Å². The van der Waals surface area contributed by atoms with Crippen molar-refractivity contribution in [1.29, 1.82) is 0 Å². The van der Waals surface area contributed by atoms with Gasteiger partial charge >= 0.3 is 0 Å². The highest BCUT2D eigenvalue weighted by atomic mass is 16.5. The summed E-state index contributed by atoms with van der Waals surface area (Å²) in [5.74, 6) is 1.04. The Kier molecular flexibility index (Phi) is 3.82. The lowest BCUT2D eigenvalue weighted by molar-refractivity contribution is -0.107. The summed E-state index contributed by atoms with van der Waals surface area (Å²) in [6.45, 7) is 0. The molecule has 0 aliphatic carbocycles. The third kappa shape index (κ3) is 2.30. The van der Waals surface area contributed by atoms with Gasteiger partial charge in [0.2, 0.25) is 0 Å². The second-order valence-electron chi connectivity index (χ2n) is 4.19. The van der Waals surface area contributed by atoms with Crippen molar-refractivity contribution in [2.75, 3.05) is 7.11 Å². The number of aryl methyl sites for hydroxylation is 1. The highest BCUT2D eigenvalue weighted by molar-refractivity contribution is 5.94. The molecular formula is C15H16O3. The van der Waals surface area contributed by atoms with Crippen LogP contribution in [0.2, 0.25) is 0 Å². The van der Waals surface area contributed by atoms with Crippen LogP contribution in [0.15, 0.2) is 30.3 Å². The van der Waals surface area contributed by atoms with E-state index >= 15 is 0 Å². The first-order chi connectivity index (χ1) is 8.77. The first kappa shape index (κ1) is 12.4. The molecule has 0 aromatic heterocycles. The third-order valence-corrected chi connectivity index (χ3v) is 3.05. The summed E-state index contributed by atoms with van der Waals surface area (Å²) in [6.07, 6.45) is 2.81. The molecule has 1 N–H and O–H groups in total. The second-order valence-corrected chi connectivity index (χ2v) is 4.19. The molecule has 0 saturated heterocycles. The number of unbranched alkanes of at least 4 members (excludes halogenated alkanes) is 1. The molecule has 0 saturated carbocycles. The minimum atomic E-state index is 0.289. The summed E-state index contributed by atoms with van der Waals surface area (Å²) >= 11 is 0. The molecular weight excluding hydrogens is 228 g/mol. The molecule has 94 valence electrons. The van der Waals surface area contributed by atoms with Crippen molar-refractivity contribution >= 4 is 17.1 Å². The molecule has 0 atom stereocenters. The Morgan fingerprint density at radius 2 is 2.00 bits per heavy atom. The molecule has 3 heteroatoms. The summed E-state index contributed by atoms with van der Waals surface area (Å²) in [5, 5.41) is 11.9. The van der Waals surface area contributed by atoms with E-state index in [2.05, 4.69) is 0 Å². The zero-order valence-electron chi connectivity index (χ0n) is 10.3. The molecule has 18 heavy (non-hydrogen) atoms. The lowest BCUT2D eigenvalue weighted by Gasteiger charge is -2.11. The number of aldehydes is 1. The van der Waals surface area contributed by atoms with Crippen molar-refractivity contribution in [3.63, 3.8) is 0 Å². The van der Waals surface area contributed by atoms with Crippen molar-refractivity contribution in [2.45, 2.75) is 19.3 Å². The van der Waals surface area contributed by atoms with Gasteiger partial charge in [0, 0.05) is 17.2 Å². The van der Waals surface area contributed by atoms with Crippen LogP contribution < -0.4 is 4.74 Å². The molecule has 0 bridgehead atoms. The molecule has 0 aliphatic rings. The number of fused-ring (bicyclic) bond motifs is 1. The normalized spacial score (nSPS) is 10.5. The summed E-state index contributed by atoms with van der Waals surface area (Å²) in [5.41, 5.74) is 0.826. The Hall–Kier alpha value is -2.03. The fourth-order valence-electron chi connectivity index (χ4n) is 2.12. The van der Waals surface area contributed by atoms with Gasteiger partial charge in [0.05, 0.1) is 7.11 Å². The van der Waals surface area contributed by atoms with Gasteiger partial charge in [0.25, 0.3) is 0 Å². The van der Waals surface area contributed by atoms with E-state index in [0.29, 0.717) is 12.8 Å². The first-order valence-corrected chi connectivity index (χ1v) is 5.99. The highest BCUT2D eigenvalue weighted by Gasteiger charge is 2.11. The maximum absolute atomic E-state index is 10.3.